The lowest BCUT2D eigenvalue weighted by Crippen LogP contribution is -2.47. The summed E-state index contributed by atoms with van der Waals surface area (Å²) in [7, 11) is 0. The van der Waals surface area contributed by atoms with Gasteiger partial charge < -0.3 is 9.64 Å². The number of esters is 1. The van der Waals surface area contributed by atoms with Gasteiger partial charge in [0.2, 0.25) is 0 Å². The molecule has 1 aliphatic heterocycles. The number of pyridine rings is 1. The number of aromatic nitrogens is 1. The molecule has 0 spiro atoms. The van der Waals surface area contributed by atoms with Crippen LogP contribution in [-0.4, -0.2) is 55.2 Å². The fourth-order valence-electron chi connectivity index (χ4n) is 2.84. The molecule has 1 aromatic carbocycles. The summed E-state index contributed by atoms with van der Waals surface area (Å²) < 4.78 is 5.28. The smallest absolute Gasteiger partial charge is 0.330 e. The molecule has 136 valence electrons. The maximum atomic E-state index is 11.8. The summed E-state index contributed by atoms with van der Waals surface area (Å²) in [5, 5.41) is 0.757. The van der Waals surface area contributed by atoms with Gasteiger partial charge in [-0.3, -0.25) is 9.88 Å². The van der Waals surface area contributed by atoms with Crippen LogP contribution < -0.4 is 4.90 Å². The van der Waals surface area contributed by atoms with E-state index in [1.165, 1.54) is 11.8 Å². The van der Waals surface area contributed by atoms with Gasteiger partial charge in [0.15, 0.2) is 0 Å². The summed E-state index contributed by atoms with van der Waals surface area (Å²) in [4.78, 5) is 20.4. The van der Waals surface area contributed by atoms with Crippen LogP contribution in [0.1, 0.15) is 5.56 Å². The van der Waals surface area contributed by atoms with Gasteiger partial charge in [-0.25, -0.2) is 4.79 Å². The SMILES string of the molecule is O=C(/C=C/c1ccncc1)OCCN1CCN(c2ccc(Cl)cc2)CC1. The van der Waals surface area contributed by atoms with Gasteiger partial charge in [-0.1, -0.05) is 11.6 Å². The van der Waals surface area contributed by atoms with Gasteiger partial charge in [0, 0.05) is 61.9 Å². The van der Waals surface area contributed by atoms with Crippen molar-refractivity contribution in [3.63, 3.8) is 0 Å². The van der Waals surface area contributed by atoms with Gasteiger partial charge >= 0.3 is 5.97 Å². The topological polar surface area (TPSA) is 45.7 Å². The molecule has 1 saturated heterocycles. The normalized spacial score (nSPS) is 15.3. The van der Waals surface area contributed by atoms with Crippen LogP contribution in [0, 0.1) is 0 Å². The lowest BCUT2D eigenvalue weighted by Gasteiger charge is -2.35. The number of rotatable bonds is 6. The Morgan fingerprint density at radius 2 is 1.77 bits per heavy atom. The molecule has 2 heterocycles. The van der Waals surface area contributed by atoms with E-state index in [1.807, 2.05) is 24.3 Å². The van der Waals surface area contributed by atoms with E-state index in [9.17, 15) is 4.79 Å². The minimum atomic E-state index is -0.318. The van der Waals surface area contributed by atoms with Crippen molar-refractivity contribution >= 4 is 29.3 Å². The van der Waals surface area contributed by atoms with Gasteiger partial charge in [0.1, 0.15) is 6.61 Å². The monoisotopic (exact) mass is 371 g/mol. The molecule has 2 aromatic rings. The molecular weight excluding hydrogens is 350 g/mol. The predicted octanol–water partition coefficient (Wildman–Crippen LogP) is 3.11. The zero-order valence-electron chi connectivity index (χ0n) is 14.6. The number of carbonyl (C=O) groups is 1. The third-order valence-electron chi connectivity index (χ3n) is 4.33. The van der Waals surface area contributed by atoms with Crippen LogP contribution in [0.5, 0.6) is 0 Å². The molecule has 0 N–H and O–H groups in total. The maximum Gasteiger partial charge on any atom is 0.330 e. The van der Waals surface area contributed by atoms with Crippen molar-refractivity contribution in [3.8, 4) is 0 Å². The van der Waals surface area contributed by atoms with Crippen molar-refractivity contribution < 1.29 is 9.53 Å². The minimum absolute atomic E-state index is 0.318. The molecule has 26 heavy (non-hydrogen) atoms. The molecule has 1 fully saturated rings. The zero-order chi connectivity index (χ0) is 18.2. The third kappa shape index (κ3) is 5.58. The fourth-order valence-corrected chi connectivity index (χ4v) is 2.97. The lowest BCUT2D eigenvalue weighted by atomic mass is 10.2. The first-order chi connectivity index (χ1) is 12.7. The number of ether oxygens (including phenoxy) is 1. The highest BCUT2D eigenvalue weighted by Gasteiger charge is 2.17. The number of hydrogen-bond donors (Lipinski definition) is 0. The molecule has 0 atom stereocenters. The molecule has 0 amide bonds. The molecule has 6 heteroatoms. The van der Waals surface area contributed by atoms with Crippen molar-refractivity contribution in [2.45, 2.75) is 0 Å². The highest BCUT2D eigenvalue weighted by Crippen LogP contribution is 2.19. The fraction of sp³-hybridized carbons (Fsp3) is 0.300. The predicted molar refractivity (Wildman–Crippen MR) is 104 cm³/mol. The van der Waals surface area contributed by atoms with Crippen molar-refractivity contribution in [3.05, 3.63) is 65.5 Å². The Hall–Kier alpha value is -2.37. The quantitative estimate of drug-likeness (QED) is 0.576. The van der Waals surface area contributed by atoms with Crippen LogP contribution >= 0.6 is 11.6 Å². The second-order valence-electron chi connectivity index (χ2n) is 6.09. The van der Waals surface area contributed by atoms with Gasteiger partial charge in [-0.05, 0) is 48.0 Å². The average molecular weight is 372 g/mol. The van der Waals surface area contributed by atoms with E-state index in [2.05, 4.69) is 26.9 Å². The zero-order valence-corrected chi connectivity index (χ0v) is 15.3. The first kappa shape index (κ1) is 18.4. The summed E-state index contributed by atoms with van der Waals surface area (Å²) in [6.07, 6.45) is 6.56. The molecule has 3 rings (SSSR count). The Bertz CT molecular complexity index is 726. The van der Waals surface area contributed by atoms with Crippen molar-refractivity contribution in [1.29, 1.82) is 0 Å². The standard InChI is InChI=1S/C20H22ClN3O2/c21-18-2-4-19(5-3-18)24-13-11-23(12-14-24)15-16-26-20(25)6-1-17-7-9-22-10-8-17/h1-10H,11-16H2/b6-1+. The van der Waals surface area contributed by atoms with Crippen LogP contribution in [0.3, 0.4) is 0 Å². The van der Waals surface area contributed by atoms with Gasteiger partial charge in [-0.2, -0.15) is 0 Å². The van der Waals surface area contributed by atoms with Crippen LogP contribution in [0.2, 0.25) is 5.02 Å². The molecule has 1 aliphatic rings. The molecule has 0 saturated carbocycles. The van der Waals surface area contributed by atoms with E-state index < -0.39 is 0 Å². The van der Waals surface area contributed by atoms with E-state index in [0.717, 1.165) is 43.3 Å². The molecule has 5 nitrogen and oxygen atoms in total. The number of nitrogens with zero attached hydrogens (tertiary/aromatic N) is 3. The first-order valence-corrected chi connectivity index (χ1v) is 9.06. The Morgan fingerprint density at radius 1 is 1.08 bits per heavy atom. The molecule has 0 unspecified atom stereocenters. The number of carbonyl (C=O) groups excluding carboxylic acids is 1. The maximum absolute atomic E-state index is 11.8. The number of piperazine rings is 1. The summed E-state index contributed by atoms with van der Waals surface area (Å²) in [6.45, 7) is 4.97. The van der Waals surface area contributed by atoms with Crippen LogP contribution in [0.25, 0.3) is 6.08 Å². The van der Waals surface area contributed by atoms with Crippen LogP contribution in [0.4, 0.5) is 5.69 Å². The molecule has 0 bridgehead atoms. The largest absolute Gasteiger partial charge is 0.461 e. The Morgan fingerprint density at radius 3 is 2.46 bits per heavy atom. The van der Waals surface area contributed by atoms with Crippen molar-refractivity contribution in [2.75, 3.05) is 44.2 Å². The van der Waals surface area contributed by atoms with Crippen LogP contribution in [-0.2, 0) is 9.53 Å². The molecule has 0 radical (unpaired) electrons. The average Bonchev–Trinajstić information content (AvgIpc) is 2.68. The van der Waals surface area contributed by atoms with Crippen LogP contribution in [0.15, 0.2) is 54.9 Å². The van der Waals surface area contributed by atoms with E-state index in [-0.39, 0.29) is 5.97 Å². The Balaban J connectivity index is 1.35. The first-order valence-electron chi connectivity index (χ1n) is 8.68. The Kier molecular flexibility index (Phi) is 6.63. The van der Waals surface area contributed by atoms with E-state index >= 15 is 0 Å². The highest BCUT2D eigenvalue weighted by molar-refractivity contribution is 6.30. The lowest BCUT2D eigenvalue weighted by molar-refractivity contribution is -0.138. The number of anilines is 1. The summed E-state index contributed by atoms with van der Waals surface area (Å²) in [6, 6.07) is 11.6. The summed E-state index contributed by atoms with van der Waals surface area (Å²) in [5.41, 5.74) is 2.12. The molecular formula is C20H22ClN3O2. The third-order valence-corrected chi connectivity index (χ3v) is 4.59. The van der Waals surface area contributed by atoms with E-state index in [0.29, 0.717) is 6.61 Å². The van der Waals surface area contributed by atoms with E-state index in [4.69, 9.17) is 16.3 Å². The summed E-state index contributed by atoms with van der Waals surface area (Å²) in [5.74, 6) is -0.318. The van der Waals surface area contributed by atoms with Gasteiger partial charge in [0.05, 0.1) is 0 Å². The molecule has 0 aliphatic carbocycles. The van der Waals surface area contributed by atoms with Gasteiger partial charge in [-0.15, -0.1) is 0 Å². The van der Waals surface area contributed by atoms with E-state index in [1.54, 1.807) is 18.5 Å². The molecule has 1 aromatic heterocycles. The van der Waals surface area contributed by atoms with Crippen molar-refractivity contribution in [2.24, 2.45) is 0 Å². The highest BCUT2D eigenvalue weighted by atomic mass is 35.5. The number of benzene rings is 1. The summed E-state index contributed by atoms with van der Waals surface area (Å²) >= 11 is 5.94. The second kappa shape index (κ2) is 9.36. The number of halogens is 1. The second-order valence-corrected chi connectivity index (χ2v) is 6.52. The Labute approximate surface area is 158 Å². The van der Waals surface area contributed by atoms with Gasteiger partial charge in [0.25, 0.3) is 0 Å². The minimum Gasteiger partial charge on any atom is -0.461 e. The number of hydrogen-bond acceptors (Lipinski definition) is 5. The van der Waals surface area contributed by atoms with Crippen molar-refractivity contribution in [1.82, 2.24) is 9.88 Å².